The van der Waals surface area contributed by atoms with Crippen molar-refractivity contribution in [2.24, 2.45) is 40.4 Å². The fraction of sp³-hybridized carbons (Fsp3) is 0.905. The Morgan fingerprint density at radius 1 is 1.08 bits per heavy atom. The van der Waals surface area contributed by atoms with Crippen molar-refractivity contribution in [1.29, 1.82) is 0 Å². The number of carboxylic acid groups (broad SMARTS) is 1. The molecule has 0 radical (unpaired) electrons. The third-order valence-corrected chi connectivity index (χ3v) is 8.96. The highest BCUT2D eigenvalue weighted by molar-refractivity contribution is 5.87. The molecule has 4 heteroatoms. The van der Waals surface area contributed by atoms with Crippen molar-refractivity contribution in [1.82, 2.24) is 0 Å². The summed E-state index contributed by atoms with van der Waals surface area (Å²) in [7, 11) is 0. The van der Waals surface area contributed by atoms with Gasteiger partial charge >= 0.3 is 5.97 Å². The highest BCUT2D eigenvalue weighted by Gasteiger charge is 2.62. The largest absolute Gasteiger partial charge is 0.481 e. The van der Waals surface area contributed by atoms with Gasteiger partial charge in [0.2, 0.25) is 0 Å². The molecule has 0 aromatic carbocycles. The zero-order valence-electron chi connectivity index (χ0n) is 15.5. The Bertz CT molecular complexity index is 586. The van der Waals surface area contributed by atoms with Crippen molar-refractivity contribution in [2.75, 3.05) is 0 Å². The second-order valence-electron chi connectivity index (χ2n) is 9.95. The number of aliphatic carboxylic acids is 1. The predicted molar refractivity (Wildman–Crippen MR) is 93.9 cm³/mol. The molecule has 4 saturated carbocycles. The summed E-state index contributed by atoms with van der Waals surface area (Å²) in [4.78, 5) is 23.6. The molecule has 4 aliphatic carbocycles. The lowest BCUT2D eigenvalue weighted by molar-refractivity contribution is -0.166. The van der Waals surface area contributed by atoms with E-state index in [1.54, 1.807) is 0 Å². The standard InChI is InChI=1S/C21H32O4/c1-20-7-5-12(10-19(24)25)9-16(20)17(22)11-13-14-3-4-18(23)21(14,2)8-6-15(13)20/h12-17,22H,3-11H2,1-2H3,(H,24,25)/t12-,13-,14-,15-,16+,17+,20+,21-/m0/s1. The summed E-state index contributed by atoms with van der Waals surface area (Å²) in [5, 5.41) is 20.1. The molecule has 0 saturated heterocycles. The number of Topliss-reactive ketones (excluding diaryl/α,β-unsaturated/α-hetero) is 1. The van der Waals surface area contributed by atoms with Crippen LogP contribution in [0.15, 0.2) is 0 Å². The summed E-state index contributed by atoms with van der Waals surface area (Å²) in [5.41, 5.74) is -0.0328. The Hall–Kier alpha value is -0.900. The van der Waals surface area contributed by atoms with Gasteiger partial charge in [0, 0.05) is 18.3 Å². The minimum atomic E-state index is -0.713. The average Bonchev–Trinajstić information content (AvgIpc) is 2.84. The van der Waals surface area contributed by atoms with E-state index in [1.165, 1.54) is 0 Å². The van der Waals surface area contributed by atoms with E-state index < -0.39 is 5.97 Å². The van der Waals surface area contributed by atoms with Crippen LogP contribution in [0.3, 0.4) is 0 Å². The van der Waals surface area contributed by atoms with Crippen molar-refractivity contribution >= 4 is 11.8 Å². The molecule has 8 atom stereocenters. The Morgan fingerprint density at radius 2 is 1.84 bits per heavy atom. The molecular weight excluding hydrogens is 316 g/mol. The van der Waals surface area contributed by atoms with Crippen molar-refractivity contribution in [3.63, 3.8) is 0 Å². The quantitative estimate of drug-likeness (QED) is 0.798. The summed E-state index contributed by atoms with van der Waals surface area (Å²) in [6, 6.07) is 0. The van der Waals surface area contributed by atoms with E-state index in [-0.39, 0.29) is 35.2 Å². The first kappa shape index (κ1) is 17.5. The summed E-state index contributed by atoms with van der Waals surface area (Å²) in [5.74, 6) is 1.69. The van der Waals surface area contributed by atoms with Crippen LogP contribution in [0, 0.1) is 40.4 Å². The number of carboxylic acids is 1. The van der Waals surface area contributed by atoms with E-state index >= 15 is 0 Å². The molecule has 0 heterocycles. The Balaban J connectivity index is 1.59. The van der Waals surface area contributed by atoms with E-state index in [9.17, 15) is 14.7 Å². The molecule has 4 nitrogen and oxygen atoms in total. The number of aliphatic hydroxyl groups is 1. The lowest BCUT2D eigenvalue weighted by atomic mass is 9.44. The van der Waals surface area contributed by atoms with E-state index in [0.717, 1.165) is 51.4 Å². The molecule has 0 unspecified atom stereocenters. The van der Waals surface area contributed by atoms with Gasteiger partial charge in [-0.3, -0.25) is 9.59 Å². The topological polar surface area (TPSA) is 74.6 Å². The highest BCUT2D eigenvalue weighted by Crippen LogP contribution is 2.66. The third-order valence-electron chi connectivity index (χ3n) is 8.96. The highest BCUT2D eigenvalue weighted by atomic mass is 16.4. The van der Waals surface area contributed by atoms with Crippen LogP contribution in [0.2, 0.25) is 0 Å². The maximum atomic E-state index is 12.5. The fourth-order valence-electron chi connectivity index (χ4n) is 7.59. The second kappa shape index (κ2) is 5.80. The Morgan fingerprint density at radius 3 is 2.56 bits per heavy atom. The monoisotopic (exact) mass is 348 g/mol. The average molecular weight is 348 g/mol. The SMILES string of the molecule is C[C@]12CC[C@H](CC(=O)O)C[C@@H]1[C@H](O)C[C@@H]1[C@@H]2CC[C@]2(C)C(=O)CC[C@@H]12. The van der Waals surface area contributed by atoms with Gasteiger partial charge in [-0.1, -0.05) is 13.8 Å². The van der Waals surface area contributed by atoms with Crippen LogP contribution in [-0.2, 0) is 9.59 Å². The van der Waals surface area contributed by atoms with E-state index in [2.05, 4.69) is 13.8 Å². The summed E-state index contributed by atoms with van der Waals surface area (Å²) in [6.07, 6.45) is 7.42. The number of hydrogen-bond acceptors (Lipinski definition) is 3. The van der Waals surface area contributed by atoms with Gasteiger partial charge in [0.1, 0.15) is 5.78 Å². The van der Waals surface area contributed by atoms with Gasteiger partial charge in [-0.25, -0.2) is 0 Å². The summed E-state index contributed by atoms with van der Waals surface area (Å²) >= 11 is 0. The number of aliphatic hydroxyl groups excluding tert-OH is 1. The fourth-order valence-corrected chi connectivity index (χ4v) is 7.59. The molecule has 4 aliphatic rings. The third kappa shape index (κ3) is 2.50. The van der Waals surface area contributed by atoms with Gasteiger partial charge in [0.25, 0.3) is 0 Å². The van der Waals surface area contributed by atoms with Crippen LogP contribution in [-0.4, -0.2) is 28.1 Å². The first-order valence-corrected chi connectivity index (χ1v) is 10.2. The van der Waals surface area contributed by atoms with Crippen LogP contribution in [0.4, 0.5) is 0 Å². The van der Waals surface area contributed by atoms with E-state index in [1.807, 2.05) is 0 Å². The molecule has 0 bridgehead atoms. The van der Waals surface area contributed by atoms with Gasteiger partial charge < -0.3 is 10.2 Å². The van der Waals surface area contributed by atoms with Crippen LogP contribution in [0.5, 0.6) is 0 Å². The summed E-state index contributed by atoms with van der Waals surface area (Å²) < 4.78 is 0. The van der Waals surface area contributed by atoms with Crippen molar-refractivity contribution in [3.8, 4) is 0 Å². The molecule has 4 rings (SSSR count). The Kier molecular flexibility index (Phi) is 4.06. The van der Waals surface area contributed by atoms with Crippen LogP contribution in [0.25, 0.3) is 0 Å². The molecular formula is C21H32O4. The van der Waals surface area contributed by atoms with E-state index in [0.29, 0.717) is 23.5 Å². The van der Waals surface area contributed by atoms with Gasteiger partial charge in [0.15, 0.2) is 0 Å². The van der Waals surface area contributed by atoms with Crippen LogP contribution >= 0.6 is 0 Å². The zero-order chi connectivity index (χ0) is 18.0. The normalized spacial score (nSPS) is 52.2. The number of fused-ring (bicyclic) bond motifs is 5. The maximum Gasteiger partial charge on any atom is 0.303 e. The van der Waals surface area contributed by atoms with E-state index in [4.69, 9.17) is 5.11 Å². The number of ketones is 1. The van der Waals surface area contributed by atoms with Crippen molar-refractivity contribution in [3.05, 3.63) is 0 Å². The van der Waals surface area contributed by atoms with Crippen molar-refractivity contribution in [2.45, 2.75) is 77.7 Å². The van der Waals surface area contributed by atoms with Crippen LogP contribution in [0.1, 0.15) is 71.6 Å². The molecule has 25 heavy (non-hydrogen) atoms. The minimum absolute atomic E-state index is 0.115. The van der Waals surface area contributed by atoms with Gasteiger partial charge in [-0.05, 0) is 80.0 Å². The Labute approximate surface area is 150 Å². The molecule has 2 N–H and O–H groups in total. The van der Waals surface area contributed by atoms with Crippen molar-refractivity contribution < 1.29 is 19.8 Å². The molecule has 140 valence electrons. The summed E-state index contributed by atoms with van der Waals surface area (Å²) in [6.45, 7) is 4.53. The first-order valence-electron chi connectivity index (χ1n) is 10.2. The molecule has 0 aromatic heterocycles. The minimum Gasteiger partial charge on any atom is -0.481 e. The lowest BCUT2D eigenvalue weighted by Gasteiger charge is -2.61. The zero-order valence-corrected chi connectivity index (χ0v) is 15.5. The van der Waals surface area contributed by atoms with Gasteiger partial charge in [-0.15, -0.1) is 0 Å². The van der Waals surface area contributed by atoms with Gasteiger partial charge in [-0.2, -0.15) is 0 Å². The number of carbonyl (C=O) groups is 2. The maximum absolute atomic E-state index is 12.5. The molecule has 0 aliphatic heterocycles. The number of rotatable bonds is 2. The second-order valence-corrected chi connectivity index (χ2v) is 9.95. The molecule has 0 spiro atoms. The number of carbonyl (C=O) groups excluding carboxylic acids is 1. The molecule has 0 aromatic rings. The number of hydrogen-bond donors (Lipinski definition) is 2. The lowest BCUT2D eigenvalue weighted by Crippen LogP contribution is -2.57. The van der Waals surface area contributed by atoms with Crippen LogP contribution < -0.4 is 0 Å². The molecule has 0 amide bonds. The van der Waals surface area contributed by atoms with Gasteiger partial charge in [0.05, 0.1) is 6.10 Å². The predicted octanol–water partition coefficient (Wildman–Crippen LogP) is 3.66. The first-order chi connectivity index (χ1) is 11.8. The smallest absolute Gasteiger partial charge is 0.303 e. The molecule has 4 fully saturated rings.